The number of Topliss-reactive ketones (excluding diaryl/α,β-unsaturated/α-hetero) is 1. The molecule has 43 heteroatoms. The molecule has 0 unspecified atom stereocenters. The van der Waals surface area contributed by atoms with E-state index in [2.05, 4.69) is 54.8 Å². The number of aliphatic hydroxyl groups is 9. The molecule has 0 bridgehead atoms. The van der Waals surface area contributed by atoms with Crippen molar-refractivity contribution in [2.75, 3.05) is 178 Å². The third kappa shape index (κ3) is 51.5. The zero-order chi connectivity index (χ0) is 92.5. The third-order valence-corrected chi connectivity index (χ3v) is 20.5. The average Bonchev–Trinajstić information content (AvgIpc) is 0.817. The normalized spacial score (nSPS) is 23.1. The maximum atomic E-state index is 14.5. The van der Waals surface area contributed by atoms with E-state index >= 15 is 0 Å². The van der Waals surface area contributed by atoms with Crippen LogP contribution >= 0.6 is 0 Å². The molecule has 3 aliphatic rings. The van der Waals surface area contributed by atoms with Crippen molar-refractivity contribution in [2.24, 2.45) is 0 Å². The fourth-order valence-electron chi connectivity index (χ4n) is 13.6. The van der Waals surface area contributed by atoms with Crippen molar-refractivity contribution in [1.29, 1.82) is 0 Å². The van der Waals surface area contributed by atoms with E-state index in [0.29, 0.717) is 38.6 Å². The number of hydrogen-bond acceptors (Lipinski definition) is 34. The second kappa shape index (κ2) is 71.7. The molecule has 9 amide bonds. The zero-order valence-corrected chi connectivity index (χ0v) is 74.5. The highest BCUT2D eigenvalue weighted by Crippen LogP contribution is 2.26. The summed E-state index contributed by atoms with van der Waals surface area (Å²) in [6.07, 6.45) is 2.56. The SMILES string of the molecule is CCCCCCCCCCCCCCCC(=O)NCCCC[C@H](NC(=O)[C@H](CCCCNC(=O)COCCOCCOCCO[C@@H]1O[C@H](CO)[C@H](O)[C@H](O)[C@H]1NC(C)=O)NC(=O)[C@H](CCCCNC(=O)COCCOCCOCCO[C@@H]1O[C@H](CO)[C@H](O)[C@H](O)[C@H]1NC(C)=O)NC(=O)COCCOCCOCCO[C@@H]1O[C@H](CO)[C@H](O)[C@H](O)[C@H]1NC(C)=O)C(C)=O. The van der Waals surface area contributed by atoms with Gasteiger partial charge in [0.1, 0.15) is 105 Å². The lowest BCUT2D eigenvalue weighted by molar-refractivity contribution is -0.272. The van der Waals surface area contributed by atoms with Crippen LogP contribution in [-0.4, -0.2) is 393 Å². The molecular formula is C83H151N9O34. The number of rotatable bonds is 77. The van der Waals surface area contributed by atoms with Crippen LogP contribution in [0.4, 0.5) is 0 Å². The number of aliphatic hydroxyl groups excluding tert-OH is 9. The van der Waals surface area contributed by atoms with E-state index in [-0.39, 0.29) is 189 Å². The van der Waals surface area contributed by atoms with E-state index in [1.807, 2.05) is 0 Å². The molecule has 43 nitrogen and oxygen atoms in total. The highest BCUT2D eigenvalue weighted by atomic mass is 16.7. The molecule has 0 aromatic carbocycles. The summed E-state index contributed by atoms with van der Waals surface area (Å²) in [5.74, 6) is -4.92. The van der Waals surface area contributed by atoms with E-state index in [1.54, 1.807) is 0 Å². The van der Waals surface area contributed by atoms with Crippen LogP contribution in [0.5, 0.6) is 0 Å². The second-order valence-electron chi connectivity index (χ2n) is 31.1. The zero-order valence-electron chi connectivity index (χ0n) is 74.5. The lowest BCUT2D eigenvalue weighted by Gasteiger charge is -2.42. The first-order chi connectivity index (χ1) is 60.8. The minimum atomic E-state index is -1.48. The van der Waals surface area contributed by atoms with Crippen molar-refractivity contribution in [3.8, 4) is 0 Å². The smallest absolute Gasteiger partial charge is 0.246 e. The van der Waals surface area contributed by atoms with Crippen molar-refractivity contribution in [3.63, 3.8) is 0 Å². The Balaban J connectivity index is 1.58. The van der Waals surface area contributed by atoms with Gasteiger partial charge in [-0.05, 0) is 71.1 Å². The van der Waals surface area contributed by atoms with Crippen LogP contribution in [0.25, 0.3) is 0 Å². The molecule has 732 valence electrons. The fourth-order valence-corrected chi connectivity index (χ4v) is 13.6. The van der Waals surface area contributed by atoms with E-state index < -0.39 is 184 Å². The third-order valence-electron chi connectivity index (χ3n) is 20.5. The largest absolute Gasteiger partial charge is 0.394 e. The first-order valence-electron chi connectivity index (χ1n) is 44.7. The van der Waals surface area contributed by atoms with Crippen LogP contribution in [0.2, 0.25) is 0 Å². The van der Waals surface area contributed by atoms with Crippen LogP contribution in [-0.2, 0) is 119 Å². The van der Waals surface area contributed by atoms with Crippen molar-refractivity contribution < 1.29 is 165 Å². The topological polar surface area (TPSA) is 599 Å². The molecule has 0 aromatic heterocycles. The molecule has 0 saturated carbocycles. The number of carbonyl (C=O) groups is 10. The molecular weight excluding hydrogens is 1670 g/mol. The van der Waals surface area contributed by atoms with Crippen LogP contribution in [0.1, 0.15) is 182 Å². The fraction of sp³-hybridized carbons (Fsp3) is 0.880. The molecule has 3 heterocycles. The second-order valence-corrected chi connectivity index (χ2v) is 31.1. The molecule has 0 aliphatic carbocycles. The predicted molar refractivity (Wildman–Crippen MR) is 449 cm³/mol. The lowest BCUT2D eigenvalue weighted by Crippen LogP contribution is -2.64. The van der Waals surface area contributed by atoms with E-state index in [4.69, 9.17) is 71.1 Å². The predicted octanol–water partition coefficient (Wildman–Crippen LogP) is -3.60. The summed E-state index contributed by atoms with van der Waals surface area (Å²) in [6, 6.07) is -6.81. The summed E-state index contributed by atoms with van der Waals surface area (Å²) in [7, 11) is 0. The van der Waals surface area contributed by atoms with Gasteiger partial charge in [-0.25, -0.2) is 0 Å². The minimum absolute atomic E-state index is 0.0135. The molecule has 3 fully saturated rings. The van der Waals surface area contributed by atoms with Crippen molar-refractivity contribution in [3.05, 3.63) is 0 Å². The van der Waals surface area contributed by atoms with Gasteiger partial charge >= 0.3 is 0 Å². The Morgan fingerprint density at radius 1 is 0.302 bits per heavy atom. The highest BCUT2D eigenvalue weighted by Gasteiger charge is 2.48. The van der Waals surface area contributed by atoms with E-state index in [0.717, 1.165) is 25.7 Å². The highest BCUT2D eigenvalue weighted by molar-refractivity contribution is 5.94. The first kappa shape index (κ1) is 114. The number of amides is 9. The van der Waals surface area contributed by atoms with Gasteiger partial charge in [0.2, 0.25) is 53.2 Å². The molecule has 0 spiro atoms. The Labute approximate surface area is 739 Å². The van der Waals surface area contributed by atoms with Crippen LogP contribution < -0.4 is 47.9 Å². The monoisotopic (exact) mass is 1820 g/mol. The van der Waals surface area contributed by atoms with Crippen molar-refractivity contribution >= 4 is 58.9 Å². The van der Waals surface area contributed by atoms with Crippen LogP contribution in [0.3, 0.4) is 0 Å². The van der Waals surface area contributed by atoms with E-state index in [9.17, 15) is 93.9 Å². The summed E-state index contributed by atoms with van der Waals surface area (Å²) in [6.45, 7) is 6.08. The quantitative estimate of drug-likeness (QED) is 0.0262. The molecule has 3 saturated heterocycles. The minimum Gasteiger partial charge on any atom is -0.394 e. The Bertz CT molecular complexity index is 2950. The molecule has 18 atom stereocenters. The van der Waals surface area contributed by atoms with Gasteiger partial charge in [-0.2, -0.15) is 0 Å². The summed E-state index contributed by atoms with van der Waals surface area (Å²) < 4.78 is 83.3. The maximum absolute atomic E-state index is 14.5. The number of ketones is 1. The average molecular weight is 1820 g/mol. The lowest BCUT2D eigenvalue weighted by atomic mass is 9.97. The van der Waals surface area contributed by atoms with Gasteiger partial charge in [0.25, 0.3) is 0 Å². The Morgan fingerprint density at radius 2 is 0.571 bits per heavy atom. The van der Waals surface area contributed by atoms with Gasteiger partial charge in [-0.1, -0.05) is 84.0 Å². The molecule has 0 radical (unpaired) electrons. The van der Waals surface area contributed by atoms with Gasteiger partial charge in [0.05, 0.1) is 145 Å². The van der Waals surface area contributed by atoms with Crippen LogP contribution in [0.15, 0.2) is 0 Å². The van der Waals surface area contributed by atoms with Crippen molar-refractivity contribution in [2.45, 2.75) is 292 Å². The van der Waals surface area contributed by atoms with Gasteiger partial charge in [0, 0.05) is 46.8 Å². The molecule has 0 aromatic rings. The summed E-state index contributed by atoms with van der Waals surface area (Å²) >= 11 is 0. The van der Waals surface area contributed by atoms with Gasteiger partial charge in [-0.3, -0.25) is 47.9 Å². The Hall–Kier alpha value is -6.06. The maximum Gasteiger partial charge on any atom is 0.246 e. The number of carbonyl (C=O) groups excluding carboxylic acids is 10. The molecule has 126 heavy (non-hydrogen) atoms. The van der Waals surface area contributed by atoms with E-state index in [1.165, 1.54) is 85.5 Å². The Morgan fingerprint density at radius 3 is 0.881 bits per heavy atom. The number of hydrogen-bond donors (Lipinski definition) is 18. The number of ether oxygens (including phenoxy) is 15. The van der Waals surface area contributed by atoms with Gasteiger partial charge in [0.15, 0.2) is 24.7 Å². The standard InChI is InChI=1S/C83H151N9O34/c1-6-7-8-9-10-11-12-13-14-15-16-17-18-28-66(100)84-29-22-19-25-60(56(2)96)91-80(111)62(27-21-24-31-86-68(102)54-119-42-39-113-33-36-116-45-48-122-82-71(88-58(4)98)77(108)74(105)64(51-94)125-82)92-79(110)61(90-69(103)55-120-43-40-114-34-37-117-46-49-123-83-72(89-59(5)99)78(109)75(106)65(52-95)126-83)26-20-23-30-85-67(101)53-118-41-38-112-32-35-115-44-47-121-81-70(87-57(3)97)76(107)73(104)63(50-93)124-81/h60-65,70-78,81-83,93-95,104-109H,6-55H2,1-5H3,(H,84,100)(H,85,101)(H,86,102)(H,87,97)(H,88,98)(H,89,99)(H,90,103)(H,91,111)(H,92,110)/t60-,61-,62-,63+,64+,65+,70+,71+,72+,73-,74-,75-,76+,77+,78+,81+,82+,83+/m0/s1. The Kier molecular flexibility index (Phi) is 64.9. The van der Waals surface area contributed by atoms with Crippen molar-refractivity contribution in [1.82, 2.24) is 47.9 Å². The molecule has 3 rings (SSSR count). The van der Waals surface area contributed by atoms with Gasteiger partial charge < -0.3 is 165 Å². The summed E-state index contributed by atoms with van der Waals surface area (Å²) in [5, 5.41) is 115. The van der Waals surface area contributed by atoms with Crippen LogP contribution in [0, 0.1) is 0 Å². The van der Waals surface area contributed by atoms with Gasteiger partial charge in [-0.15, -0.1) is 0 Å². The summed E-state index contributed by atoms with van der Waals surface area (Å²) in [5.41, 5.74) is 0. The first-order valence-corrected chi connectivity index (χ1v) is 44.7. The number of nitrogens with one attached hydrogen (secondary N) is 9. The summed E-state index contributed by atoms with van der Waals surface area (Å²) in [4.78, 5) is 129. The molecule has 3 aliphatic heterocycles. The molecule has 18 N–H and O–H groups in total. The number of unbranched alkanes of at least 4 members (excludes halogenated alkanes) is 15.